The molecule has 0 atom stereocenters. The highest BCUT2D eigenvalue weighted by Gasteiger charge is 2.09. The average molecular weight is 284 g/mol. The highest BCUT2D eigenvalue weighted by Crippen LogP contribution is 2.22. The number of nitrogen functional groups attached to an aromatic ring is 1. The van der Waals surface area contributed by atoms with E-state index in [0.29, 0.717) is 11.4 Å². The summed E-state index contributed by atoms with van der Waals surface area (Å²) in [6.07, 6.45) is 0. The number of amides is 1. The molecule has 2 rings (SSSR count). The molecule has 0 radical (unpaired) electrons. The van der Waals surface area contributed by atoms with Crippen molar-refractivity contribution in [2.24, 2.45) is 0 Å². The second-order valence-electron chi connectivity index (χ2n) is 5.15. The highest BCUT2D eigenvalue weighted by atomic mass is 16.5. The Morgan fingerprint density at radius 2 is 1.76 bits per heavy atom. The first-order valence-electron chi connectivity index (χ1n) is 6.82. The number of rotatable bonds is 4. The second kappa shape index (κ2) is 6.31. The first-order valence-corrected chi connectivity index (χ1v) is 6.82. The molecule has 0 saturated carbocycles. The monoisotopic (exact) mass is 284 g/mol. The fraction of sp³-hybridized carbons (Fsp3) is 0.235. The van der Waals surface area contributed by atoms with Gasteiger partial charge in [0, 0.05) is 5.69 Å². The molecule has 0 aliphatic rings. The molecular formula is C17H20N2O2. The summed E-state index contributed by atoms with van der Waals surface area (Å²) in [7, 11) is 0. The first kappa shape index (κ1) is 14.9. The lowest BCUT2D eigenvalue weighted by atomic mass is 10.1. The molecule has 1 amide bonds. The molecule has 0 bridgehead atoms. The fourth-order valence-corrected chi connectivity index (χ4v) is 2.31. The van der Waals surface area contributed by atoms with Crippen molar-refractivity contribution in [3.05, 3.63) is 53.1 Å². The van der Waals surface area contributed by atoms with Crippen LogP contribution in [0.15, 0.2) is 36.4 Å². The van der Waals surface area contributed by atoms with Crippen molar-refractivity contribution in [2.75, 3.05) is 17.7 Å². The normalized spacial score (nSPS) is 10.2. The summed E-state index contributed by atoms with van der Waals surface area (Å²) in [5, 5.41) is 2.89. The molecule has 0 aliphatic carbocycles. The van der Waals surface area contributed by atoms with Crippen LogP contribution in [0, 0.1) is 20.8 Å². The summed E-state index contributed by atoms with van der Waals surface area (Å²) < 4.78 is 5.44. The quantitative estimate of drug-likeness (QED) is 0.847. The Kier molecular flexibility index (Phi) is 4.48. The highest BCUT2D eigenvalue weighted by molar-refractivity contribution is 5.93. The third-order valence-electron chi connectivity index (χ3n) is 3.22. The van der Waals surface area contributed by atoms with Gasteiger partial charge >= 0.3 is 0 Å². The number of anilines is 2. The number of benzene rings is 2. The molecule has 2 aromatic rings. The number of aryl methyl sites for hydroxylation is 3. The Labute approximate surface area is 124 Å². The van der Waals surface area contributed by atoms with E-state index in [1.165, 1.54) is 5.56 Å². The van der Waals surface area contributed by atoms with E-state index in [0.717, 1.165) is 16.8 Å². The Balaban J connectivity index is 2.01. The SMILES string of the molecule is Cc1cc(C)c(NC(=O)COc2ccccc2N)c(C)c1. The molecule has 110 valence electrons. The Morgan fingerprint density at radius 1 is 1.14 bits per heavy atom. The standard InChI is InChI=1S/C17H20N2O2/c1-11-8-12(2)17(13(3)9-11)19-16(20)10-21-15-7-5-4-6-14(15)18/h4-9H,10,18H2,1-3H3,(H,19,20). The van der Waals surface area contributed by atoms with Crippen LogP contribution < -0.4 is 15.8 Å². The average Bonchev–Trinajstić information content (AvgIpc) is 2.42. The molecule has 0 spiro atoms. The van der Waals surface area contributed by atoms with E-state index < -0.39 is 0 Å². The van der Waals surface area contributed by atoms with E-state index in [9.17, 15) is 4.79 Å². The molecule has 4 nitrogen and oxygen atoms in total. The molecule has 0 aliphatic heterocycles. The third kappa shape index (κ3) is 3.75. The predicted molar refractivity (Wildman–Crippen MR) is 85.6 cm³/mol. The van der Waals surface area contributed by atoms with Gasteiger partial charge in [-0.3, -0.25) is 4.79 Å². The van der Waals surface area contributed by atoms with Gasteiger partial charge in [0.2, 0.25) is 0 Å². The van der Waals surface area contributed by atoms with Crippen LogP contribution in [-0.4, -0.2) is 12.5 Å². The zero-order chi connectivity index (χ0) is 15.4. The number of hydrogen-bond donors (Lipinski definition) is 2. The summed E-state index contributed by atoms with van der Waals surface area (Å²) in [5.74, 6) is 0.318. The minimum Gasteiger partial charge on any atom is -0.482 e. The maximum absolute atomic E-state index is 12.0. The van der Waals surface area contributed by atoms with Crippen molar-refractivity contribution in [2.45, 2.75) is 20.8 Å². The third-order valence-corrected chi connectivity index (χ3v) is 3.22. The molecule has 2 aromatic carbocycles. The van der Waals surface area contributed by atoms with Gasteiger partial charge in [-0.2, -0.15) is 0 Å². The lowest BCUT2D eigenvalue weighted by Gasteiger charge is -2.13. The van der Waals surface area contributed by atoms with Gasteiger partial charge in [-0.15, -0.1) is 0 Å². The maximum Gasteiger partial charge on any atom is 0.262 e. The van der Waals surface area contributed by atoms with E-state index in [2.05, 4.69) is 5.32 Å². The van der Waals surface area contributed by atoms with Gasteiger partial charge in [-0.05, 0) is 44.0 Å². The van der Waals surface area contributed by atoms with Crippen molar-refractivity contribution < 1.29 is 9.53 Å². The van der Waals surface area contributed by atoms with E-state index >= 15 is 0 Å². The molecular weight excluding hydrogens is 264 g/mol. The van der Waals surface area contributed by atoms with Crippen molar-refractivity contribution >= 4 is 17.3 Å². The predicted octanol–water partition coefficient (Wildman–Crippen LogP) is 3.21. The van der Waals surface area contributed by atoms with Gasteiger partial charge in [0.05, 0.1) is 5.69 Å². The topological polar surface area (TPSA) is 64.3 Å². The molecule has 21 heavy (non-hydrogen) atoms. The number of hydrogen-bond acceptors (Lipinski definition) is 3. The number of nitrogens with one attached hydrogen (secondary N) is 1. The van der Waals surface area contributed by atoms with Crippen molar-refractivity contribution in [1.82, 2.24) is 0 Å². The Hall–Kier alpha value is -2.49. The lowest BCUT2D eigenvalue weighted by Crippen LogP contribution is -2.21. The maximum atomic E-state index is 12.0. The summed E-state index contributed by atoms with van der Waals surface area (Å²) in [6, 6.07) is 11.2. The van der Waals surface area contributed by atoms with Gasteiger partial charge < -0.3 is 15.8 Å². The number of nitrogens with two attached hydrogens (primary N) is 1. The van der Waals surface area contributed by atoms with Crippen molar-refractivity contribution in [1.29, 1.82) is 0 Å². The van der Waals surface area contributed by atoms with E-state index in [1.54, 1.807) is 12.1 Å². The molecule has 0 saturated heterocycles. The van der Waals surface area contributed by atoms with Gasteiger partial charge in [0.1, 0.15) is 5.75 Å². The van der Waals surface area contributed by atoms with Crippen LogP contribution >= 0.6 is 0 Å². The van der Waals surface area contributed by atoms with Gasteiger partial charge in [0.25, 0.3) is 5.91 Å². The van der Waals surface area contributed by atoms with Crippen molar-refractivity contribution in [3.8, 4) is 5.75 Å². The second-order valence-corrected chi connectivity index (χ2v) is 5.15. The van der Waals surface area contributed by atoms with Gasteiger partial charge in [-0.25, -0.2) is 0 Å². The largest absolute Gasteiger partial charge is 0.482 e. The summed E-state index contributed by atoms with van der Waals surface area (Å²) in [6.45, 7) is 5.92. The van der Waals surface area contributed by atoms with Gasteiger partial charge in [-0.1, -0.05) is 29.8 Å². The number of carbonyl (C=O) groups excluding carboxylic acids is 1. The number of carbonyl (C=O) groups is 1. The van der Waals surface area contributed by atoms with Crippen LogP contribution in [0.3, 0.4) is 0 Å². The molecule has 0 heterocycles. The zero-order valence-corrected chi connectivity index (χ0v) is 12.6. The smallest absolute Gasteiger partial charge is 0.262 e. The zero-order valence-electron chi connectivity index (χ0n) is 12.6. The molecule has 3 N–H and O–H groups in total. The van der Waals surface area contributed by atoms with Crippen LogP contribution in [0.1, 0.15) is 16.7 Å². The van der Waals surface area contributed by atoms with Gasteiger partial charge in [0.15, 0.2) is 6.61 Å². The summed E-state index contributed by atoms with van der Waals surface area (Å²) in [4.78, 5) is 12.0. The number of ether oxygens (including phenoxy) is 1. The van der Waals surface area contributed by atoms with Crippen LogP contribution in [0.4, 0.5) is 11.4 Å². The molecule has 0 fully saturated rings. The first-order chi connectivity index (χ1) is 9.97. The van der Waals surface area contributed by atoms with Crippen LogP contribution in [0.5, 0.6) is 5.75 Å². The Morgan fingerprint density at radius 3 is 2.38 bits per heavy atom. The molecule has 0 aromatic heterocycles. The fourth-order valence-electron chi connectivity index (χ4n) is 2.31. The van der Waals surface area contributed by atoms with Crippen LogP contribution in [-0.2, 0) is 4.79 Å². The minimum absolute atomic E-state index is 0.0685. The minimum atomic E-state index is -0.201. The van der Waals surface area contributed by atoms with E-state index in [1.807, 2.05) is 45.0 Å². The number of para-hydroxylation sites is 2. The van der Waals surface area contributed by atoms with E-state index in [4.69, 9.17) is 10.5 Å². The summed E-state index contributed by atoms with van der Waals surface area (Å²) in [5.41, 5.74) is 10.4. The Bertz CT molecular complexity index is 643. The van der Waals surface area contributed by atoms with E-state index in [-0.39, 0.29) is 12.5 Å². The van der Waals surface area contributed by atoms with Crippen molar-refractivity contribution in [3.63, 3.8) is 0 Å². The van der Waals surface area contributed by atoms with Crippen LogP contribution in [0.25, 0.3) is 0 Å². The molecule has 0 unspecified atom stereocenters. The summed E-state index contributed by atoms with van der Waals surface area (Å²) >= 11 is 0. The molecule has 4 heteroatoms. The van der Waals surface area contributed by atoms with Crippen LogP contribution in [0.2, 0.25) is 0 Å². The lowest BCUT2D eigenvalue weighted by molar-refractivity contribution is -0.118.